The van der Waals surface area contributed by atoms with Crippen LogP contribution in [0.25, 0.3) is 0 Å². The van der Waals surface area contributed by atoms with Crippen molar-refractivity contribution in [3.05, 3.63) is 29.6 Å². The van der Waals surface area contributed by atoms with Crippen molar-refractivity contribution in [1.82, 2.24) is 0 Å². The van der Waals surface area contributed by atoms with Gasteiger partial charge in [-0.15, -0.1) is 0 Å². The maximum absolute atomic E-state index is 13.0. The van der Waals surface area contributed by atoms with E-state index in [4.69, 9.17) is 4.74 Å². The fourth-order valence-corrected chi connectivity index (χ4v) is 1.43. The SMILES string of the molecule is Fc1ccc(OCC2CC2)c(C#CCS)c1. The molecule has 1 nitrogen and oxygen atoms in total. The molecule has 3 heteroatoms. The van der Waals surface area contributed by atoms with Crippen LogP contribution in [-0.4, -0.2) is 12.4 Å². The molecule has 0 atom stereocenters. The first-order chi connectivity index (χ1) is 7.79. The Bertz CT molecular complexity index is 429. The second-order valence-electron chi connectivity index (χ2n) is 3.85. The van der Waals surface area contributed by atoms with E-state index in [0.29, 0.717) is 29.6 Å². The molecule has 0 amide bonds. The number of halogens is 1. The van der Waals surface area contributed by atoms with E-state index in [-0.39, 0.29) is 5.82 Å². The normalized spacial score (nSPS) is 14.1. The molecule has 1 saturated carbocycles. The molecule has 0 heterocycles. The molecule has 16 heavy (non-hydrogen) atoms. The summed E-state index contributed by atoms with van der Waals surface area (Å²) in [5.74, 6) is 7.17. The van der Waals surface area contributed by atoms with Gasteiger partial charge in [-0.3, -0.25) is 0 Å². The average Bonchev–Trinajstić information content (AvgIpc) is 3.09. The van der Waals surface area contributed by atoms with Gasteiger partial charge in [0, 0.05) is 0 Å². The lowest BCUT2D eigenvalue weighted by molar-refractivity contribution is 0.298. The van der Waals surface area contributed by atoms with Crippen LogP contribution >= 0.6 is 12.6 Å². The van der Waals surface area contributed by atoms with Crippen LogP contribution in [0.15, 0.2) is 18.2 Å². The molecule has 1 aromatic rings. The zero-order valence-corrected chi connectivity index (χ0v) is 9.77. The van der Waals surface area contributed by atoms with E-state index in [1.165, 1.54) is 25.0 Å². The van der Waals surface area contributed by atoms with Gasteiger partial charge >= 0.3 is 0 Å². The summed E-state index contributed by atoms with van der Waals surface area (Å²) in [7, 11) is 0. The molecular weight excluding hydrogens is 223 g/mol. The van der Waals surface area contributed by atoms with Crippen LogP contribution in [-0.2, 0) is 0 Å². The summed E-state index contributed by atoms with van der Waals surface area (Å²) in [6.45, 7) is 0.710. The standard InChI is InChI=1S/C13H13FOS/c14-12-5-6-13(15-9-10-3-4-10)11(8-12)2-1-7-16/h5-6,8,10,16H,3-4,7,9H2. The Labute approximate surface area is 100 Å². The summed E-state index contributed by atoms with van der Waals surface area (Å²) in [5, 5.41) is 0. The van der Waals surface area contributed by atoms with Crippen molar-refractivity contribution in [1.29, 1.82) is 0 Å². The largest absolute Gasteiger partial charge is 0.492 e. The van der Waals surface area contributed by atoms with Gasteiger partial charge in [0.05, 0.1) is 17.9 Å². The highest BCUT2D eigenvalue weighted by atomic mass is 32.1. The van der Waals surface area contributed by atoms with Gasteiger partial charge < -0.3 is 4.74 Å². The first-order valence-electron chi connectivity index (χ1n) is 5.31. The third-order valence-electron chi connectivity index (χ3n) is 2.42. The van der Waals surface area contributed by atoms with Crippen LogP contribution in [0.2, 0.25) is 0 Å². The number of thiol groups is 1. The van der Waals surface area contributed by atoms with Crippen molar-refractivity contribution in [3.8, 4) is 17.6 Å². The fraction of sp³-hybridized carbons (Fsp3) is 0.385. The molecule has 1 fully saturated rings. The minimum atomic E-state index is -0.290. The quantitative estimate of drug-likeness (QED) is 0.627. The van der Waals surface area contributed by atoms with Crippen molar-refractivity contribution in [2.24, 2.45) is 5.92 Å². The molecule has 0 radical (unpaired) electrons. The fourth-order valence-electron chi connectivity index (χ4n) is 1.35. The molecule has 0 N–H and O–H groups in total. The Morgan fingerprint density at radius 2 is 2.25 bits per heavy atom. The second-order valence-corrected chi connectivity index (χ2v) is 4.17. The van der Waals surface area contributed by atoms with Gasteiger partial charge in [0.2, 0.25) is 0 Å². The molecule has 1 aliphatic rings. The highest BCUT2D eigenvalue weighted by Gasteiger charge is 2.22. The maximum Gasteiger partial charge on any atom is 0.135 e. The molecule has 0 unspecified atom stereocenters. The lowest BCUT2D eigenvalue weighted by Gasteiger charge is -2.07. The average molecular weight is 236 g/mol. The molecule has 0 aromatic heterocycles. The van der Waals surface area contributed by atoms with Crippen LogP contribution in [0.5, 0.6) is 5.75 Å². The maximum atomic E-state index is 13.0. The van der Waals surface area contributed by atoms with E-state index in [1.54, 1.807) is 6.07 Å². The number of hydrogen-bond donors (Lipinski definition) is 1. The van der Waals surface area contributed by atoms with Crippen molar-refractivity contribution < 1.29 is 9.13 Å². The summed E-state index contributed by atoms with van der Waals surface area (Å²) in [5.41, 5.74) is 0.606. The van der Waals surface area contributed by atoms with Gasteiger partial charge in [-0.2, -0.15) is 12.6 Å². The highest BCUT2D eigenvalue weighted by molar-refractivity contribution is 7.80. The first kappa shape index (κ1) is 11.3. The summed E-state index contributed by atoms with van der Waals surface area (Å²) in [4.78, 5) is 0. The Kier molecular flexibility index (Phi) is 3.74. The molecule has 1 aromatic carbocycles. The predicted molar refractivity (Wildman–Crippen MR) is 65.4 cm³/mol. The summed E-state index contributed by atoms with van der Waals surface area (Å²) < 4.78 is 18.7. The van der Waals surface area contributed by atoms with E-state index >= 15 is 0 Å². The molecule has 84 valence electrons. The zero-order chi connectivity index (χ0) is 11.4. The third-order valence-corrected chi connectivity index (χ3v) is 2.57. The summed E-state index contributed by atoms with van der Waals surface area (Å²) >= 11 is 4.00. The van der Waals surface area contributed by atoms with Crippen LogP contribution in [0.1, 0.15) is 18.4 Å². The third kappa shape index (κ3) is 3.18. The molecule has 0 bridgehead atoms. The summed E-state index contributed by atoms with van der Waals surface area (Å²) in [6.07, 6.45) is 2.47. The van der Waals surface area contributed by atoms with Gasteiger partial charge in [-0.1, -0.05) is 11.8 Å². The first-order valence-corrected chi connectivity index (χ1v) is 5.95. The number of ether oxygens (including phenoxy) is 1. The van der Waals surface area contributed by atoms with Crippen molar-refractivity contribution >= 4 is 12.6 Å². The minimum absolute atomic E-state index is 0.290. The second kappa shape index (κ2) is 5.27. The Morgan fingerprint density at radius 1 is 1.44 bits per heavy atom. The molecule has 2 rings (SSSR count). The lowest BCUT2D eigenvalue weighted by atomic mass is 10.2. The molecule has 0 aliphatic heterocycles. The van der Waals surface area contributed by atoms with E-state index in [2.05, 4.69) is 24.5 Å². The number of rotatable bonds is 3. The molecule has 0 saturated heterocycles. The van der Waals surface area contributed by atoms with E-state index in [9.17, 15) is 4.39 Å². The van der Waals surface area contributed by atoms with Crippen molar-refractivity contribution in [2.45, 2.75) is 12.8 Å². The van der Waals surface area contributed by atoms with Gasteiger partial charge in [-0.05, 0) is 37.0 Å². The topological polar surface area (TPSA) is 9.23 Å². The minimum Gasteiger partial charge on any atom is -0.492 e. The van der Waals surface area contributed by atoms with E-state index < -0.39 is 0 Å². The van der Waals surface area contributed by atoms with Crippen LogP contribution in [0.4, 0.5) is 4.39 Å². The van der Waals surface area contributed by atoms with E-state index in [1.807, 2.05) is 0 Å². The Morgan fingerprint density at radius 3 is 2.94 bits per heavy atom. The van der Waals surface area contributed by atoms with Crippen molar-refractivity contribution in [2.75, 3.05) is 12.4 Å². The van der Waals surface area contributed by atoms with Crippen LogP contribution in [0, 0.1) is 23.6 Å². The van der Waals surface area contributed by atoms with Gasteiger partial charge in [0.25, 0.3) is 0 Å². The van der Waals surface area contributed by atoms with Crippen LogP contribution < -0.4 is 4.74 Å². The monoisotopic (exact) mass is 236 g/mol. The van der Waals surface area contributed by atoms with E-state index in [0.717, 1.165) is 0 Å². The predicted octanol–water partition coefficient (Wildman–Crippen LogP) is 2.90. The van der Waals surface area contributed by atoms with Gasteiger partial charge in [0.15, 0.2) is 0 Å². The number of benzene rings is 1. The highest BCUT2D eigenvalue weighted by Crippen LogP contribution is 2.30. The van der Waals surface area contributed by atoms with Gasteiger partial charge in [-0.25, -0.2) is 4.39 Å². The summed E-state index contributed by atoms with van der Waals surface area (Å²) in [6, 6.07) is 4.44. The van der Waals surface area contributed by atoms with Gasteiger partial charge in [0.1, 0.15) is 11.6 Å². The lowest BCUT2D eigenvalue weighted by Crippen LogP contribution is -2.00. The molecule has 1 aliphatic carbocycles. The van der Waals surface area contributed by atoms with Crippen molar-refractivity contribution in [3.63, 3.8) is 0 Å². The molecule has 0 spiro atoms. The number of hydrogen-bond acceptors (Lipinski definition) is 2. The Balaban J connectivity index is 2.13. The smallest absolute Gasteiger partial charge is 0.135 e. The zero-order valence-electron chi connectivity index (χ0n) is 8.87. The Hall–Kier alpha value is -1.14. The van der Waals surface area contributed by atoms with Crippen LogP contribution in [0.3, 0.4) is 0 Å². The molecular formula is C13H13FOS.